The Bertz CT molecular complexity index is 1670. The van der Waals surface area contributed by atoms with Crippen molar-refractivity contribution in [2.45, 2.75) is 76.4 Å². The standard InChI is InChI=1S/C39H48N4O5/c1-39(2,3)41-38(47)33-25-42(24-31-21-28-14-8-10-16-35(28)48-31)17-18-43(33)23-30(44)20-29(19-26-11-5-4-6-12-26)37(46)40-36-32-15-9-7-13-27(32)22-34(36)45/h4-16,21,29-30,33-34,36,44-45H,17-20,22-25H2,1-3H3,(H,40,46)(H,41,47)/t29-,30-,33-,34+,36+/m0/s1. The van der Waals surface area contributed by atoms with E-state index in [1.807, 2.05) is 99.6 Å². The smallest absolute Gasteiger partial charge is 0.239 e. The highest BCUT2D eigenvalue weighted by molar-refractivity contribution is 5.83. The van der Waals surface area contributed by atoms with Crippen LogP contribution in [0.15, 0.2) is 89.3 Å². The van der Waals surface area contributed by atoms with Gasteiger partial charge in [0.05, 0.1) is 24.8 Å². The number of aliphatic hydroxyl groups is 2. The molecule has 4 aromatic rings. The molecule has 0 spiro atoms. The summed E-state index contributed by atoms with van der Waals surface area (Å²) >= 11 is 0. The largest absolute Gasteiger partial charge is 0.460 e. The molecule has 2 amide bonds. The lowest BCUT2D eigenvalue weighted by Crippen LogP contribution is -2.61. The predicted octanol–water partition coefficient (Wildman–Crippen LogP) is 4.22. The van der Waals surface area contributed by atoms with Crippen LogP contribution in [0.1, 0.15) is 55.7 Å². The third-order valence-electron chi connectivity index (χ3n) is 9.43. The zero-order chi connectivity index (χ0) is 33.8. The number of β-amino-alcohol motifs (C(OH)–C–C–N with tert-alkyl or cyclic N) is 1. The van der Waals surface area contributed by atoms with Gasteiger partial charge in [-0.3, -0.25) is 19.4 Å². The molecule has 2 heterocycles. The zero-order valence-corrected chi connectivity index (χ0v) is 28.1. The predicted molar refractivity (Wildman–Crippen MR) is 186 cm³/mol. The lowest BCUT2D eigenvalue weighted by atomic mass is 9.91. The number of hydrogen-bond acceptors (Lipinski definition) is 7. The Labute approximate surface area is 282 Å². The molecule has 0 bridgehead atoms. The number of aliphatic hydroxyl groups excluding tert-OH is 2. The summed E-state index contributed by atoms with van der Waals surface area (Å²) in [6, 6.07) is 26.6. The molecule has 48 heavy (non-hydrogen) atoms. The Morgan fingerprint density at radius 3 is 2.48 bits per heavy atom. The van der Waals surface area contributed by atoms with Crippen molar-refractivity contribution in [3.8, 4) is 0 Å². The second-order valence-electron chi connectivity index (χ2n) is 14.5. The first-order chi connectivity index (χ1) is 23.0. The van der Waals surface area contributed by atoms with Gasteiger partial charge in [0, 0.05) is 49.4 Å². The highest BCUT2D eigenvalue weighted by Gasteiger charge is 2.37. The van der Waals surface area contributed by atoms with Gasteiger partial charge in [-0.2, -0.15) is 0 Å². The van der Waals surface area contributed by atoms with Gasteiger partial charge in [-0.1, -0.05) is 72.8 Å². The molecule has 2 aliphatic rings. The van der Waals surface area contributed by atoms with E-state index < -0.39 is 35.7 Å². The summed E-state index contributed by atoms with van der Waals surface area (Å²) in [7, 11) is 0. The van der Waals surface area contributed by atoms with Crippen molar-refractivity contribution in [1.29, 1.82) is 0 Å². The minimum Gasteiger partial charge on any atom is -0.460 e. The number of fused-ring (bicyclic) bond motifs is 2. The first-order valence-electron chi connectivity index (χ1n) is 17.1. The molecule has 1 aliphatic heterocycles. The molecular formula is C39H48N4O5. The molecular weight excluding hydrogens is 604 g/mol. The van der Waals surface area contributed by atoms with Crippen LogP contribution >= 0.6 is 0 Å². The van der Waals surface area contributed by atoms with Crippen LogP contribution in [0, 0.1) is 5.92 Å². The highest BCUT2D eigenvalue weighted by Crippen LogP contribution is 2.32. The van der Waals surface area contributed by atoms with E-state index in [2.05, 4.69) is 26.5 Å². The lowest BCUT2D eigenvalue weighted by molar-refractivity contribution is -0.132. The van der Waals surface area contributed by atoms with E-state index in [1.165, 1.54) is 0 Å². The molecule has 4 N–H and O–H groups in total. The van der Waals surface area contributed by atoms with E-state index >= 15 is 0 Å². The van der Waals surface area contributed by atoms with Crippen LogP contribution < -0.4 is 10.6 Å². The average Bonchev–Trinajstić information content (AvgIpc) is 3.60. The number of carbonyl (C=O) groups is 2. The summed E-state index contributed by atoms with van der Waals surface area (Å²) < 4.78 is 6.08. The number of nitrogens with one attached hydrogen (secondary N) is 2. The van der Waals surface area contributed by atoms with Crippen LogP contribution in [0.2, 0.25) is 0 Å². The van der Waals surface area contributed by atoms with Gasteiger partial charge < -0.3 is 25.3 Å². The molecule has 254 valence electrons. The normalized spacial score (nSPS) is 21.5. The van der Waals surface area contributed by atoms with Crippen LogP contribution in [0.25, 0.3) is 11.0 Å². The molecule has 0 unspecified atom stereocenters. The molecule has 3 aromatic carbocycles. The topological polar surface area (TPSA) is 118 Å². The zero-order valence-electron chi connectivity index (χ0n) is 28.1. The summed E-state index contributed by atoms with van der Waals surface area (Å²) in [6.07, 6.45) is -0.387. The number of para-hydroxylation sites is 1. The number of hydrogen-bond donors (Lipinski definition) is 4. The maximum Gasteiger partial charge on any atom is 0.239 e. The van der Waals surface area contributed by atoms with Crippen molar-refractivity contribution < 1.29 is 24.2 Å². The minimum absolute atomic E-state index is 0.0866. The van der Waals surface area contributed by atoms with Gasteiger partial charge in [0.1, 0.15) is 17.4 Å². The molecule has 5 atom stereocenters. The molecule has 9 nitrogen and oxygen atoms in total. The molecule has 0 radical (unpaired) electrons. The lowest BCUT2D eigenvalue weighted by Gasteiger charge is -2.42. The van der Waals surface area contributed by atoms with Crippen molar-refractivity contribution in [1.82, 2.24) is 20.4 Å². The Morgan fingerprint density at radius 2 is 1.71 bits per heavy atom. The van der Waals surface area contributed by atoms with Gasteiger partial charge in [-0.25, -0.2) is 0 Å². The van der Waals surface area contributed by atoms with Crippen molar-refractivity contribution in [3.63, 3.8) is 0 Å². The second-order valence-corrected chi connectivity index (χ2v) is 14.5. The number of amides is 2. The average molecular weight is 653 g/mol. The third kappa shape index (κ3) is 8.33. The molecule has 0 saturated carbocycles. The number of benzene rings is 3. The van der Waals surface area contributed by atoms with Crippen LogP contribution in [0.3, 0.4) is 0 Å². The third-order valence-corrected chi connectivity index (χ3v) is 9.43. The van der Waals surface area contributed by atoms with Gasteiger partial charge in [0.15, 0.2) is 0 Å². The van der Waals surface area contributed by atoms with Crippen LogP contribution in [0.5, 0.6) is 0 Å². The number of rotatable bonds is 11. The summed E-state index contributed by atoms with van der Waals surface area (Å²) in [5.74, 6) is 0.0378. The van der Waals surface area contributed by atoms with Gasteiger partial charge in [0.25, 0.3) is 0 Å². The minimum atomic E-state index is -0.850. The summed E-state index contributed by atoms with van der Waals surface area (Å²) in [5, 5.41) is 29.7. The first kappa shape index (κ1) is 33.9. The molecule has 9 heteroatoms. The van der Waals surface area contributed by atoms with Gasteiger partial charge >= 0.3 is 0 Å². The summed E-state index contributed by atoms with van der Waals surface area (Å²) in [4.78, 5) is 31.8. The van der Waals surface area contributed by atoms with Crippen molar-refractivity contribution in [3.05, 3.63) is 107 Å². The Kier molecular flexibility index (Phi) is 10.3. The van der Waals surface area contributed by atoms with Gasteiger partial charge in [0.2, 0.25) is 11.8 Å². The fraction of sp³-hybridized carbons (Fsp3) is 0.436. The maximum atomic E-state index is 13.9. The fourth-order valence-electron chi connectivity index (χ4n) is 7.15. The number of nitrogens with zero attached hydrogens (tertiary/aromatic N) is 2. The molecule has 1 aliphatic carbocycles. The van der Waals surface area contributed by atoms with Gasteiger partial charge in [-0.15, -0.1) is 0 Å². The van der Waals surface area contributed by atoms with Crippen LogP contribution in [-0.4, -0.2) is 81.8 Å². The monoisotopic (exact) mass is 652 g/mol. The Morgan fingerprint density at radius 1 is 0.979 bits per heavy atom. The van der Waals surface area contributed by atoms with E-state index in [1.54, 1.807) is 0 Å². The van der Waals surface area contributed by atoms with Crippen molar-refractivity contribution in [2.24, 2.45) is 5.92 Å². The second kappa shape index (κ2) is 14.6. The SMILES string of the molecule is CC(C)(C)NC(=O)[C@@H]1CN(Cc2cc3ccccc3o2)CCN1C[C@@H](O)C[C@H](Cc1ccccc1)C(=O)N[C@@H]1c2ccccc2C[C@H]1O. The first-order valence-corrected chi connectivity index (χ1v) is 17.1. The van der Waals surface area contributed by atoms with E-state index in [0.29, 0.717) is 39.0 Å². The maximum absolute atomic E-state index is 13.9. The van der Waals surface area contributed by atoms with Gasteiger partial charge in [-0.05, 0) is 62.4 Å². The highest BCUT2D eigenvalue weighted by atomic mass is 16.3. The fourth-order valence-corrected chi connectivity index (χ4v) is 7.15. The van der Waals surface area contributed by atoms with Crippen LogP contribution in [-0.2, 0) is 29.0 Å². The van der Waals surface area contributed by atoms with E-state index in [-0.39, 0.29) is 24.8 Å². The Balaban J connectivity index is 1.15. The quantitative estimate of drug-likeness (QED) is 0.192. The number of piperazine rings is 1. The summed E-state index contributed by atoms with van der Waals surface area (Å²) in [6.45, 7) is 8.51. The van der Waals surface area contributed by atoms with Crippen molar-refractivity contribution in [2.75, 3.05) is 26.2 Å². The van der Waals surface area contributed by atoms with Crippen molar-refractivity contribution >= 4 is 22.8 Å². The molecule has 1 saturated heterocycles. The van der Waals surface area contributed by atoms with E-state index in [0.717, 1.165) is 33.4 Å². The molecule has 1 fully saturated rings. The number of furan rings is 1. The number of carbonyl (C=O) groups excluding carboxylic acids is 2. The van der Waals surface area contributed by atoms with E-state index in [9.17, 15) is 19.8 Å². The molecule has 1 aromatic heterocycles. The van der Waals surface area contributed by atoms with Crippen LogP contribution in [0.4, 0.5) is 0 Å². The summed E-state index contributed by atoms with van der Waals surface area (Å²) in [5.41, 5.74) is 3.40. The van der Waals surface area contributed by atoms with E-state index in [4.69, 9.17) is 4.42 Å². The Hall–Kier alpha value is -4.02. The molecule has 6 rings (SSSR count).